The van der Waals surface area contributed by atoms with Crippen molar-refractivity contribution in [3.8, 4) is 0 Å². The van der Waals surface area contributed by atoms with E-state index < -0.39 is 0 Å². The number of anilines is 1. The van der Waals surface area contributed by atoms with Gasteiger partial charge in [0.2, 0.25) is 0 Å². The monoisotopic (exact) mass is 259 g/mol. The molecule has 18 heavy (non-hydrogen) atoms. The summed E-state index contributed by atoms with van der Waals surface area (Å²) in [5.74, 6) is 0.211. The molecule has 0 amide bonds. The third-order valence-electron chi connectivity index (χ3n) is 2.84. The summed E-state index contributed by atoms with van der Waals surface area (Å²) >= 11 is 1.50. The van der Waals surface area contributed by atoms with E-state index >= 15 is 0 Å². The van der Waals surface area contributed by atoms with Crippen molar-refractivity contribution in [3.05, 3.63) is 52.2 Å². The fraction of sp³-hybridized carbons (Fsp3) is 0.267. The normalized spacial score (nSPS) is 10.3. The van der Waals surface area contributed by atoms with Crippen LogP contribution in [-0.4, -0.2) is 12.3 Å². The number of hydrogen-bond donors (Lipinski definition) is 1. The van der Waals surface area contributed by atoms with Gasteiger partial charge in [0.25, 0.3) is 0 Å². The van der Waals surface area contributed by atoms with Gasteiger partial charge in [-0.25, -0.2) is 0 Å². The fourth-order valence-corrected chi connectivity index (χ4v) is 2.43. The number of aryl methyl sites for hydroxylation is 1. The molecule has 0 bridgehead atoms. The number of carbonyl (C=O) groups excluding carboxylic acids is 1. The average molecular weight is 259 g/mol. The Morgan fingerprint density at radius 2 is 2.00 bits per heavy atom. The molecule has 3 heteroatoms. The van der Waals surface area contributed by atoms with E-state index in [0.29, 0.717) is 13.0 Å². The van der Waals surface area contributed by atoms with Crippen LogP contribution >= 0.6 is 11.3 Å². The maximum Gasteiger partial charge on any atom is 0.174 e. The molecule has 2 rings (SSSR count). The van der Waals surface area contributed by atoms with E-state index in [1.165, 1.54) is 16.9 Å². The third-order valence-corrected chi connectivity index (χ3v) is 3.75. The Labute approximate surface area is 112 Å². The first-order valence-corrected chi connectivity index (χ1v) is 7.07. The molecule has 1 heterocycles. The number of Topliss-reactive ketones (excluding diaryl/α,β-unsaturated/α-hetero) is 1. The first-order valence-electron chi connectivity index (χ1n) is 6.19. The van der Waals surface area contributed by atoms with Gasteiger partial charge in [-0.15, -0.1) is 11.3 Å². The van der Waals surface area contributed by atoms with Crippen LogP contribution in [0.25, 0.3) is 0 Å². The number of hydrogen-bond acceptors (Lipinski definition) is 3. The highest BCUT2D eigenvalue weighted by Crippen LogP contribution is 2.13. The molecule has 0 aliphatic carbocycles. The lowest BCUT2D eigenvalue weighted by atomic mass is 10.1. The first kappa shape index (κ1) is 12.8. The van der Waals surface area contributed by atoms with Gasteiger partial charge < -0.3 is 5.32 Å². The Bertz CT molecular complexity index is 488. The molecular formula is C15H17NOS. The summed E-state index contributed by atoms with van der Waals surface area (Å²) in [6.45, 7) is 2.82. The van der Waals surface area contributed by atoms with Gasteiger partial charge in [-0.2, -0.15) is 0 Å². The molecule has 1 aromatic heterocycles. The standard InChI is InChI=1S/C15H17NOS/c1-2-12-5-7-13(8-6-12)16-10-9-14(17)15-4-3-11-18-15/h3-8,11,16H,2,9-10H2,1H3. The summed E-state index contributed by atoms with van der Waals surface area (Å²) in [6, 6.07) is 12.1. The number of ketones is 1. The van der Waals surface area contributed by atoms with E-state index in [2.05, 4.69) is 36.5 Å². The molecule has 2 aromatic rings. The van der Waals surface area contributed by atoms with Crippen molar-refractivity contribution in [1.29, 1.82) is 0 Å². The Morgan fingerprint density at radius 1 is 1.22 bits per heavy atom. The van der Waals surface area contributed by atoms with E-state index in [9.17, 15) is 4.79 Å². The van der Waals surface area contributed by atoms with E-state index in [-0.39, 0.29) is 5.78 Å². The third kappa shape index (κ3) is 3.44. The van der Waals surface area contributed by atoms with Crippen LogP contribution in [0.5, 0.6) is 0 Å². The number of thiophene rings is 1. The van der Waals surface area contributed by atoms with Crippen LogP contribution in [0.4, 0.5) is 5.69 Å². The van der Waals surface area contributed by atoms with E-state index in [4.69, 9.17) is 0 Å². The van der Waals surface area contributed by atoms with Gasteiger partial charge in [-0.05, 0) is 35.6 Å². The van der Waals surface area contributed by atoms with E-state index in [0.717, 1.165) is 17.0 Å². The zero-order valence-electron chi connectivity index (χ0n) is 10.5. The van der Waals surface area contributed by atoms with Crippen LogP contribution in [-0.2, 0) is 6.42 Å². The quantitative estimate of drug-likeness (QED) is 0.795. The van der Waals surface area contributed by atoms with Crippen LogP contribution in [0.15, 0.2) is 41.8 Å². The van der Waals surface area contributed by atoms with Crippen LogP contribution in [0, 0.1) is 0 Å². The van der Waals surface area contributed by atoms with Crippen molar-refractivity contribution < 1.29 is 4.79 Å². The van der Waals surface area contributed by atoms with Crippen LogP contribution in [0.3, 0.4) is 0 Å². The highest BCUT2D eigenvalue weighted by Gasteiger charge is 2.05. The summed E-state index contributed by atoms with van der Waals surface area (Å²) in [4.78, 5) is 12.6. The molecule has 2 nitrogen and oxygen atoms in total. The van der Waals surface area contributed by atoms with E-state index in [1.807, 2.05) is 17.5 Å². The molecule has 0 saturated carbocycles. The molecular weight excluding hydrogens is 242 g/mol. The summed E-state index contributed by atoms with van der Waals surface area (Å²) in [7, 11) is 0. The van der Waals surface area contributed by atoms with Crippen molar-refractivity contribution in [2.24, 2.45) is 0 Å². The minimum atomic E-state index is 0.211. The van der Waals surface area contributed by atoms with E-state index in [1.54, 1.807) is 0 Å². The van der Waals surface area contributed by atoms with Gasteiger partial charge in [-0.3, -0.25) is 4.79 Å². The molecule has 0 spiro atoms. The van der Waals surface area contributed by atoms with Crippen LogP contribution < -0.4 is 5.32 Å². The van der Waals surface area contributed by atoms with Gasteiger partial charge in [0, 0.05) is 18.7 Å². The van der Waals surface area contributed by atoms with Crippen molar-refractivity contribution in [3.63, 3.8) is 0 Å². The number of nitrogens with one attached hydrogen (secondary N) is 1. The smallest absolute Gasteiger partial charge is 0.174 e. The average Bonchev–Trinajstić information content (AvgIpc) is 2.93. The largest absolute Gasteiger partial charge is 0.385 e. The van der Waals surface area contributed by atoms with Crippen molar-refractivity contribution in [2.45, 2.75) is 19.8 Å². The Kier molecular flexibility index (Phi) is 4.53. The lowest BCUT2D eigenvalue weighted by molar-refractivity contribution is 0.0990. The molecule has 0 saturated heterocycles. The second-order valence-corrected chi connectivity index (χ2v) is 5.08. The predicted molar refractivity (Wildman–Crippen MR) is 77.6 cm³/mol. The Hall–Kier alpha value is -1.61. The number of carbonyl (C=O) groups is 1. The molecule has 0 aliphatic rings. The lowest BCUT2D eigenvalue weighted by Crippen LogP contribution is -2.07. The molecule has 0 atom stereocenters. The summed E-state index contributed by atoms with van der Waals surface area (Å²) in [5.41, 5.74) is 2.40. The van der Waals surface area contributed by atoms with Gasteiger partial charge in [0.1, 0.15) is 0 Å². The van der Waals surface area contributed by atoms with Crippen molar-refractivity contribution in [2.75, 3.05) is 11.9 Å². The Morgan fingerprint density at radius 3 is 2.61 bits per heavy atom. The van der Waals surface area contributed by atoms with Gasteiger partial charge in [0.05, 0.1) is 4.88 Å². The predicted octanol–water partition coefficient (Wildman–Crippen LogP) is 4.00. The second kappa shape index (κ2) is 6.36. The molecule has 0 unspecified atom stereocenters. The minimum Gasteiger partial charge on any atom is -0.385 e. The van der Waals surface area contributed by atoms with Crippen molar-refractivity contribution >= 4 is 22.8 Å². The topological polar surface area (TPSA) is 29.1 Å². The first-order chi connectivity index (χ1) is 8.79. The zero-order chi connectivity index (χ0) is 12.8. The van der Waals surface area contributed by atoms with Gasteiger partial charge in [-0.1, -0.05) is 25.1 Å². The van der Waals surface area contributed by atoms with Gasteiger partial charge in [0.15, 0.2) is 5.78 Å². The molecule has 94 valence electrons. The molecule has 1 aromatic carbocycles. The zero-order valence-corrected chi connectivity index (χ0v) is 11.3. The summed E-state index contributed by atoms with van der Waals surface area (Å²) < 4.78 is 0. The summed E-state index contributed by atoms with van der Waals surface area (Å²) in [6.07, 6.45) is 1.59. The maximum atomic E-state index is 11.8. The molecule has 0 aliphatic heterocycles. The SMILES string of the molecule is CCc1ccc(NCCC(=O)c2cccs2)cc1. The number of rotatable bonds is 6. The summed E-state index contributed by atoms with van der Waals surface area (Å²) in [5, 5.41) is 5.21. The molecule has 1 N–H and O–H groups in total. The maximum absolute atomic E-state index is 11.8. The highest BCUT2D eigenvalue weighted by molar-refractivity contribution is 7.12. The lowest BCUT2D eigenvalue weighted by Gasteiger charge is -2.06. The second-order valence-electron chi connectivity index (χ2n) is 4.13. The Balaban J connectivity index is 1.79. The fourth-order valence-electron chi connectivity index (χ4n) is 1.74. The van der Waals surface area contributed by atoms with Gasteiger partial charge >= 0.3 is 0 Å². The highest BCUT2D eigenvalue weighted by atomic mass is 32.1. The van der Waals surface area contributed by atoms with Crippen LogP contribution in [0.1, 0.15) is 28.6 Å². The number of benzene rings is 1. The molecule has 0 radical (unpaired) electrons. The minimum absolute atomic E-state index is 0.211. The molecule has 0 fully saturated rings. The van der Waals surface area contributed by atoms with Crippen molar-refractivity contribution in [1.82, 2.24) is 0 Å². The van der Waals surface area contributed by atoms with Crippen LogP contribution in [0.2, 0.25) is 0 Å².